The second kappa shape index (κ2) is 5.29. The fraction of sp³-hybridized carbons (Fsp3) is 0.200. The second-order valence-corrected chi connectivity index (χ2v) is 5.33. The Hall–Kier alpha value is -1.81. The minimum atomic E-state index is -0.915. The molecule has 2 rings (SSSR count). The van der Waals surface area contributed by atoms with Crippen molar-refractivity contribution in [2.75, 3.05) is 5.73 Å². The number of hydrogen-bond donors (Lipinski definition) is 1. The first kappa shape index (κ1) is 14.6. The molecule has 106 valence electrons. The van der Waals surface area contributed by atoms with Gasteiger partial charge in [-0.15, -0.1) is 0 Å². The van der Waals surface area contributed by atoms with Gasteiger partial charge in [-0.2, -0.15) is 0 Å². The highest BCUT2D eigenvalue weighted by Gasteiger charge is 2.26. The molecule has 0 aliphatic heterocycles. The van der Waals surface area contributed by atoms with Crippen molar-refractivity contribution in [3.8, 4) is 5.75 Å². The monoisotopic (exact) mass is 297 g/mol. The minimum Gasteiger partial charge on any atom is -0.480 e. The largest absolute Gasteiger partial charge is 0.480 e. The molecule has 20 heavy (non-hydrogen) atoms. The van der Waals surface area contributed by atoms with Crippen LogP contribution in [0.2, 0.25) is 5.02 Å². The number of anilines is 1. The van der Waals surface area contributed by atoms with Gasteiger partial charge in [-0.25, -0.2) is 8.78 Å². The highest BCUT2D eigenvalue weighted by molar-refractivity contribution is 6.31. The van der Waals surface area contributed by atoms with Gasteiger partial charge in [0, 0.05) is 17.3 Å². The van der Waals surface area contributed by atoms with Crippen LogP contribution in [-0.4, -0.2) is 0 Å². The number of hydrogen-bond acceptors (Lipinski definition) is 2. The molecule has 0 fully saturated rings. The molecule has 0 saturated carbocycles. The van der Waals surface area contributed by atoms with Gasteiger partial charge in [0.2, 0.25) is 0 Å². The molecule has 0 radical (unpaired) electrons. The van der Waals surface area contributed by atoms with Gasteiger partial charge < -0.3 is 10.5 Å². The molecular formula is C15H14ClF2NO. The Bertz CT molecular complexity index is 644. The van der Waals surface area contributed by atoms with Crippen molar-refractivity contribution in [2.24, 2.45) is 0 Å². The topological polar surface area (TPSA) is 35.2 Å². The lowest BCUT2D eigenvalue weighted by Gasteiger charge is -2.28. The van der Waals surface area contributed by atoms with Gasteiger partial charge in [-0.3, -0.25) is 0 Å². The van der Waals surface area contributed by atoms with E-state index in [4.69, 9.17) is 22.1 Å². The van der Waals surface area contributed by atoms with E-state index in [-0.39, 0.29) is 10.8 Å². The first-order chi connectivity index (χ1) is 9.29. The second-order valence-electron chi connectivity index (χ2n) is 4.93. The molecule has 0 saturated heterocycles. The molecule has 2 aromatic carbocycles. The zero-order chi connectivity index (χ0) is 14.9. The van der Waals surface area contributed by atoms with Crippen molar-refractivity contribution < 1.29 is 13.5 Å². The molecule has 0 heterocycles. The van der Waals surface area contributed by atoms with Crippen molar-refractivity contribution in [3.63, 3.8) is 0 Å². The van der Waals surface area contributed by atoms with Crippen LogP contribution in [0.15, 0.2) is 36.4 Å². The minimum absolute atomic E-state index is 0.0598. The summed E-state index contributed by atoms with van der Waals surface area (Å²) in [6.07, 6.45) is 0. The number of benzene rings is 2. The average molecular weight is 298 g/mol. The van der Waals surface area contributed by atoms with Crippen LogP contribution in [0.4, 0.5) is 14.5 Å². The fourth-order valence-electron chi connectivity index (χ4n) is 1.91. The van der Waals surface area contributed by atoms with Gasteiger partial charge in [0.25, 0.3) is 0 Å². The van der Waals surface area contributed by atoms with Crippen molar-refractivity contribution in [1.82, 2.24) is 0 Å². The quantitative estimate of drug-likeness (QED) is 0.846. The molecule has 2 N–H and O–H groups in total. The van der Waals surface area contributed by atoms with E-state index in [9.17, 15) is 8.78 Å². The predicted molar refractivity (Wildman–Crippen MR) is 75.9 cm³/mol. The van der Waals surface area contributed by atoms with E-state index in [1.807, 2.05) is 0 Å². The van der Waals surface area contributed by atoms with E-state index in [2.05, 4.69) is 0 Å². The smallest absolute Gasteiger partial charge is 0.167 e. The van der Waals surface area contributed by atoms with Crippen molar-refractivity contribution in [1.29, 1.82) is 0 Å². The maximum Gasteiger partial charge on any atom is 0.167 e. The van der Waals surface area contributed by atoms with Gasteiger partial charge in [-0.05, 0) is 38.1 Å². The molecule has 2 nitrogen and oxygen atoms in total. The van der Waals surface area contributed by atoms with Crippen LogP contribution in [0.5, 0.6) is 5.75 Å². The van der Waals surface area contributed by atoms with Crippen LogP contribution in [-0.2, 0) is 5.60 Å². The van der Waals surface area contributed by atoms with Gasteiger partial charge in [-0.1, -0.05) is 17.7 Å². The zero-order valence-electron chi connectivity index (χ0n) is 11.1. The predicted octanol–water partition coefficient (Wildman–Crippen LogP) is 4.51. The Morgan fingerprint density at radius 1 is 1.10 bits per heavy atom. The van der Waals surface area contributed by atoms with E-state index in [0.717, 1.165) is 0 Å². The molecule has 2 aromatic rings. The summed E-state index contributed by atoms with van der Waals surface area (Å²) in [5, 5.41) is 0.228. The SMILES string of the molecule is CC(C)(Oc1ccc(N)cc1F)c1ccc(F)cc1Cl. The van der Waals surface area contributed by atoms with Gasteiger partial charge >= 0.3 is 0 Å². The van der Waals surface area contributed by atoms with E-state index in [1.54, 1.807) is 19.9 Å². The summed E-state index contributed by atoms with van der Waals surface area (Å²) in [5.41, 5.74) is 5.45. The highest BCUT2D eigenvalue weighted by Crippen LogP contribution is 2.34. The number of nitrogens with two attached hydrogens (primary N) is 1. The molecule has 0 atom stereocenters. The van der Waals surface area contributed by atoms with Crippen LogP contribution in [0, 0.1) is 11.6 Å². The first-order valence-electron chi connectivity index (χ1n) is 5.99. The molecule has 5 heteroatoms. The standard InChI is InChI=1S/C15H14ClF2NO/c1-15(2,11-5-3-9(17)7-12(11)16)20-14-6-4-10(19)8-13(14)18/h3-8H,19H2,1-2H3. The van der Waals surface area contributed by atoms with Crippen LogP contribution in [0.3, 0.4) is 0 Å². The maximum atomic E-state index is 13.8. The molecule has 0 bridgehead atoms. The van der Waals surface area contributed by atoms with Gasteiger partial charge in [0.05, 0.1) is 5.02 Å². The van der Waals surface area contributed by atoms with E-state index < -0.39 is 17.2 Å². The normalized spacial score (nSPS) is 11.4. The summed E-state index contributed by atoms with van der Waals surface area (Å²) in [6, 6.07) is 8.17. The molecule has 0 aliphatic carbocycles. The number of halogens is 3. The van der Waals surface area contributed by atoms with Gasteiger partial charge in [0.1, 0.15) is 11.4 Å². The molecule has 0 unspecified atom stereocenters. The number of ether oxygens (including phenoxy) is 1. The highest BCUT2D eigenvalue weighted by atomic mass is 35.5. The Morgan fingerprint density at radius 2 is 1.80 bits per heavy atom. The Kier molecular flexibility index (Phi) is 3.86. The Morgan fingerprint density at radius 3 is 2.40 bits per heavy atom. The third-order valence-electron chi connectivity index (χ3n) is 2.90. The van der Waals surface area contributed by atoms with Crippen LogP contribution >= 0.6 is 11.6 Å². The summed E-state index contributed by atoms with van der Waals surface area (Å²) >= 11 is 6.01. The average Bonchev–Trinajstić information content (AvgIpc) is 2.32. The number of nitrogen functional groups attached to an aromatic ring is 1. The lowest BCUT2D eigenvalue weighted by molar-refractivity contribution is 0.103. The summed E-state index contributed by atoms with van der Waals surface area (Å²) in [4.78, 5) is 0. The molecule has 0 spiro atoms. The van der Waals surface area contributed by atoms with Crippen molar-refractivity contribution >= 4 is 17.3 Å². The van der Waals surface area contributed by atoms with E-state index in [0.29, 0.717) is 11.3 Å². The van der Waals surface area contributed by atoms with Crippen molar-refractivity contribution in [2.45, 2.75) is 19.4 Å². The zero-order valence-corrected chi connectivity index (χ0v) is 11.8. The lowest BCUT2D eigenvalue weighted by Crippen LogP contribution is -2.26. The number of rotatable bonds is 3. The van der Waals surface area contributed by atoms with Crippen LogP contribution in [0.1, 0.15) is 19.4 Å². The Balaban J connectivity index is 2.35. The van der Waals surface area contributed by atoms with Gasteiger partial charge in [0.15, 0.2) is 11.6 Å². The van der Waals surface area contributed by atoms with E-state index >= 15 is 0 Å². The maximum absolute atomic E-state index is 13.8. The third kappa shape index (κ3) is 3.02. The van der Waals surface area contributed by atoms with E-state index in [1.165, 1.54) is 30.3 Å². The molecule has 0 amide bonds. The summed E-state index contributed by atoms with van der Waals surface area (Å²) in [7, 11) is 0. The summed E-state index contributed by atoms with van der Waals surface area (Å²) in [6.45, 7) is 3.45. The van der Waals surface area contributed by atoms with Crippen LogP contribution < -0.4 is 10.5 Å². The lowest BCUT2D eigenvalue weighted by atomic mass is 9.97. The molecule has 0 aliphatic rings. The first-order valence-corrected chi connectivity index (χ1v) is 6.37. The molecular weight excluding hydrogens is 284 g/mol. The van der Waals surface area contributed by atoms with Crippen molar-refractivity contribution in [3.05, 3.63) is 58.6 Å². The fourth-order valence-corrected chi connectivity index (χ4v) is 2.30. The molecule has 0 aromatic heterocycles. The summed E-state index contributed by atoms with van der Waals surface area (Å²) in [5.74, 6) is -0.936. The summed E-state index contributed by atoms with van der Waals surface area (Å²) < 4.78 is 32.5. The van der Waals surface area contributed by atoms with Crippen LogP contribution in [0.25, 0.3) is 0 Å². The Labute approximate surface area is 121 Å². The third-order valence-corrected chi connectivity index (χ3v) is 3.21.